The number of hydrogen-bond acceptors (Lipinski definition) is 6. The lowest BCUT2D eigenvalue weighted by Gasteiger charge is -2.33. The highest BCUT2D eigenvalue weighted by Gasteiger charge is 2.41. The van der Waals surface area contributed by atoms with Crippen LogP contribution in [0, 0.1) is 17.8 Å². The number of amides is 3. The Morgan fingerprint density at radius 1 is 0.571 bits per heavy atom. The van der Waals surface area contributed by atoms with Crippen LogP contribution in [-0.2, 0) is 14.4 Å². The van der Waals surface area contributed by atoms with Gasteiger partial charge < -0.3 is 25.1 Å². The van der Waals surface area contributed by atoms with Crippen molar-refractivity contribution in [1.29, 1.82) is 0 Å². The van der Waals surface area contributed by atoms with Crippen molar-refractivity contribution in [3.05, 3.63) is 155 Å². The summed E-state index contributed by atoms with van der Waals surface area (Å²) < 4.78 is 0. The van der Waals surface area contributed by atoms with Gasteiger partial charge >= 0.3 is 0 Å². The first-order valence-electron chi connectivity index (χ1n) is 22.5. The van der Waals surface area contributed by atoms with E-state index in [1.54, 1.807) is 0 Å². The highest BCUT2D eigenvalue weighted by Crippen LogP contribution is 2.38. The molecular weight excluding hydrogens is 785 g/mol. The molecule has 318 valence electrons. The topological polar surface area (TPSA) is 130 Å². The second-order valence-electron chi connectivity index (χ2n) is 17.3. The van der Waals surface area contributed by atoms with Gasteiger partial charge in [-0.2, -0.15) is 0 Å². The third-order valence-electron chi connectivity index (χ3n) is 13.1. The number of aromatic amines is 2. The molecule has 3 saturated heterocycles. The van der Waals surface area contributed by atoms with Crippen LogP contribution in [0.15, 0.2) is 122 Å². The first kappa shape index (κ1) is 40.3. The summed E-state index contributed by atoms with van der Waals surface area (Å²) in [7, 11) is 0. The monoisotopic (exact) mass is 836 g/mol. The van der Waals surface area contributed by atoms with Crippen LogP contribution < -0.4 is 5.32 Å². The van der Waals surface area contributed by atoms with Gasteiger partial charge in [-0.3, -0.25) is 19.3 Å². The number of nitrogens with zero attached hydrogens (tertiary/aromatic N) is 5. The normalized spacial score (nSPS) is 19.7. The molecule has 4 aliphatic rings. The standard InChI is InChI=1S/C52H52N8O3/c61-50(41-27-28-41)57-46(39-11-3-1-4-12-39)51(62)59-31-9-15-44(59)48-53-33-42(55-48)37-23-19-35(20-24-37)17-18-36-21-25-38(26-22-36)43-34-54-49(56-43)45-16-10-32-60(45)52(63)47(58-29-7-8-30-58)40-13-5-2-6-14-40/h1-6,11-14,19-26,33-34,41,44-47H,7-10,15-16,27-32H2,(H,53,55)(H,54,56)(H,57,61)/t44-,45-,46+,47+/m0/s1. The van der Waals surface area contributed by atoms with Crippen LogP contribution in [0.2, 0.25) is 0 Å². The number of carbonyl (C=O) groups excluding carboxylic acids is 3. The van der Waals surface area contributed by atoms with Crippen LogP contribution in [0.5, 0.6) is 0 Å². The van der Waals surface area contributed by atoms with Crippen molar-refractivity contribution in [2.75, 3.05) is 26.2 Å². The largest absolute Gasteiger partial charge is 0.340 e. The molecule has 4 atom stereocenters. The van der Waals surface area contributed by atoms with E-state index in [1.807, 2.05) is 107 Å². The fraction of sp³-hybridized carbons (Fsp3) is 0.327. The Hall–Kier alpha value is -6.77. The van der Waals surface area contributed by atoms with Crippen molar-refractivity contribution >= 4 is 17.7 Å². The fourth-order valence-electron chi connectivity index (χ4n) is 9.55. The van der Waals surface area contributed by atoms with E-state index in [2.05, 4.69) is 56.3 Å². The van der Waals surface area contributed by atoms with Crippen molar-refractivity contribution in [3.63, 3.8) is 0 Å². The van der Waals surface area contributed by atoms with Gasteiger partial charge in [0.2, 0.25) is 17.7 Å². The molecule has 0 spiro atoms. The summed E-state index contributed by atoms with van der Waals surface area (Å²) in [6, 6.07) is 34.7. The quantitative estimate of drug-likeness (QED) is 0.113. The summed E-state index contributed by atoms with van der Waals surface area (Å²) in [4.78, 5) is 64.0. The zero-order valence-electron chi connectivity index (χ0n) is 35.4. The van der Waals surface area contributed by atoms with Crippen LogP contribution in [0.1, 0.15) is 109 Å². The van der Waals surface area contributed by atoms with Gasteiger partial charge in [-0.05, 0) is 111 Å². The van der Waals surface area contributed by atoms with Crippen molar-refractivity contribution in [1.82, 2.24) is 40.0 Å². The smallest absolute Gasteiger partial charge is 0.250 e. The summed E-state index contributed by atoms with van der Waals surface area (Å²) in [5.74, 6) is 8.21. The predicted molar refractivity (Wildman–Crippen MR) is 241 cm³/mol. The van der Waals surface area contributed by atoms with Crippen molar-refractivity contribution in [2.45, 2.75) is 75.5 Å². The van der Waals surface area contributed by atoms with Gasteiger partial charge in [0.25, 0.3) is 0 Å². The number of nitrogens with one attached hydrogen (secondary N) is 3. The van der Waals surface area contributed by atoms with Gasteiger partial charge in [0.15, 0.2) is 0 Å². The van der Waals surface area contributed by atoms with Crippen molar-refractivity contribution < 1.29 is 14.4 Å². The molecule has 11 heteroatoms. The lowest BCUT2D eigenvalue weighted by Crippen LogP contribution is -2.43. The lowest BCUT2D eigenvalue weighted by atomic mass is 10.0. The molecule has 3 aliphatic heterocycles. The molecule has 4 fully saturated rings. The Morgan fingerprint density at radius 3 is 1.57 bits per heavy atom. The highest BCUT2D eigenvalue weighted by atomic mass is 16.2. The van der Waals surface area contributed by atoms with E-state index in [9.17, 15) is 14.4 Å². The summed E-state index contributed by atoms with van der Waals surface area (Å²) in [6.07, 6.45) is 11.2. The Labute approximate surface area is 368 Å². The van der Waals surface area contributed by atoms with Gasteiger partial charge in [-0.15, -0.1) is 0 Å². The zero-order valence-corrected chi connectivity index (χ0v) is 35.4. The van der Waals surface area contributed by atoms with Gasteiger partial charge in [0.05, 0.1) is 35.9 Å². The molecule has 2 aromatic heterocycles. The Balaban J connectivity index is 0.777. The molecule has 1 saturated carbocycles. The number of carbonyl (C=O) groups is 3. The van der Waals surface area contributed by atoms with E-state index in [0.717, 1.165) is 127 Å². The van der Waals surface area contributed by atoms with Crippen LogP contribution in [0.3, 0.4) is 0 Å². The molecule has 5 heterocycles. The maximum absolute atomic E-state index is 14.2. The minimum absolute atomic E-state index is 0.00599. The predicted octanol–water partition coefficient (Wildman–Crippen LogP) is 8.30. The lowest BCUT2D eigenvalue weighted by molar-refractivity contribution is -0.138. The van der Waals surface area contributed by atoms with Gasteiger partial charge in [0, 0.05) is 30.1 Å². The number of imidazole rings is 2. The van der Waals surface area contributed by atoms with Crippen LogP contribution >= 0.6 is 0 Å². The molecule has 6 aromatic rings. The molecule has 4 aromatic carbocycles. The zero-order chi connectivity index (χ0) is 42.7. The first-order chi connectivity index (χ1) is 31.0. The van der Waals surface area contributed by atoms with Crippen molar-refractivity contribution in [3.8, 4) is 34.4 Å². The summed E-state index contributed by atoms with van der Waals surface area (Å²) >= 11 is 0. The maximum Gasteiger partial charge on any atom is 0.250 e. The molecule has 63 heavy (non-hydrogen) atoms. The third kappa shape index (κ3) is 8.69. The Bertz CT molecular complexity index is 2620. The number of benzene rings is 4. The van der Waals surface area contributed by atoms with Crippen LogP contribution in [0.25, 0.3) is 22.5 Å². The van der Waals surface area contributed by atoms with Crippen molar-refractivity contribution in [2.24, 2.45) is 5.92 Å². The molecular formula is C52H52N8O3. The Morgan fingerprint density at radius 2 is 1.06 bits per heavy atom. The van der Waals surface area contributed by atoms with Crippen LogP contribution in [0.4, 0.5) is 0 Å². The molecule has 3 amide bonds. The molecule has 3 N–H and O–H groups in total. The minimum atomic E-state index is -0.725. The van der Waals surface area contributed by atoms with E-state index < -0.39 is 6.04 Å². The average Bonchev–Trinajstić information content (AvgIpc) is 3.98. The van der Waals surface area contributed by atoms with Gasteiger partial charge in [-0.1, -0.05) is 96.8 Å². The average molecular weight is 837 g/mol. The molecule has 0 bridgehead atoms. The van der Waals surface area contributed by atoms with Crippen LogP contribution in [-0.4, -0.2) is 78.5 Å². The number of H-pyrrole nitrogens is 2. The number of likely N-dealkylation sites (tertiary alicyclic amines) is 3. The second-order valence-corrected chi connectivity index (χ2v) is 17.3. The first-order valence-corrected chi connectivity index (χ1v) is 22.5. The molecule has 10 rings (SSSR count). The summed E-state index contributed by atoms with van der Waals surface area (Å²) in [5, 5.41) is 3.05. The molecule has 0 unspecified atom stereocenters. The van der Waals surface area contributed by atoms with E-state index >= 15 is 0 Å². The van der Waals surface area contributed by atoms with Gasteiger partial charge in [0.1, 0.15) is 23.7 Å². The third-order valence-corrected chi connectivity index (χ3v) is 13.1. The number of aromatic nitrogens is 4. The highest BCUT2D eigenvalue weighted by molar-refractivity contribution is 5.90. The second kappa shape index (κ2) is 17.9. The minimum Gasteiger partial charge on any atom is -0.340 e. The van der Waals surface area contributed by atoms with E-state index in [0.29, 0.717) is 6.54 Å². The molecule has 11 nitrogen and oxygen atoms in total. The summed E-state index contributed by atoms with van der Waals surface area (Å²) in [5.41, 5.74) is 7.42. The maximum atomic E-state index is 14.2. The van der Waals surface area contributed by atoms with E-state index in [4.69, 9.17) is 9.97 Å². The molecule has 0 radical (unpaired) electrons. The number of hydrogen-bond donors (Lipinski definition) is 3. The van der Waals surface area contributed by atoms with E-state index in [-0.39, 0.29) is 41.8 Å². The fourth-order valence-corrected chi connectivity index (χ4v) is 9.55. The summed E-state index contributed by atoms with van der Waals surface area (Å²) in [6.45, 7) is 3.24. The molecule has 1 aliphatic carbocycles. The van der Waals surface area contributed by atoms with Gasteiger partial charge in [-0.25, -0.2) is 9.97 Å². The number of rotatable bonds is 11. The van der Waals surface area contributed by atoms with E-state index in [1.165, 1.54) is 0 Å². The SMILES string of the molecule is O=C(N[C@@H](C(=O)N1CCC[C@H]1c1ncc(-c2ccc(C#Cc3ccc(-c4cnc([C@@H]5CCCN5C(=O)[C@@H](c5ccccc5)N5CCCC5)[nH]4)cc3)cc2)[nH]1)c1ccccc1)C1CC1. The Kier molecular flexibility index (Phi) is 11.5.